The second-order valence-corrected chi connectivity index (χ2v) is 3.26. The third kappa shape index (κ3) is 2.48. The Morgan fingerprint density at radius 1 is 1.42 bits per heavy atom. The Bertz CT molecular complexity index is 157. The molecule has 3 heteroatoms. The van der Waals surface area contributed by atoms with E-state index >= 15 is 0 Å². The number of likely N-dealkylation sites (N-methyl/N-ethyl adjacent to an activating group) is 1. The minimum atomic E-state index is -0.418. The van der Waals surface area contributed by atoms with E-state index in [1.165, 1.54) is 0 Å². The van der Waals surface area contributed by atoms with E-state index in [-0.39, 0.29) is 0 Å². The van der Waals surface area contributed by atoms with Gasteiger partial charge < -0.3 is 9.64 Å². The first-order valence-corrected chi connectivity index (χ1v) is 4.38. The molecule has 72 valence electrons. The van der Waals surface area contributed by atoms with Gasteiger partial charge in [-0.1, -0.05) is 6.92 Å². The lowest BCUT2D eigenvalue weighted by atomic mass is 10.0. The average Bonchev–Trinajstić information content (AvgIpc) is 2.03. The Kier molecular flexibility index (Phi) is 4.24. The van der Waals surface area contributed by atoms with Crippen molar-refractivity contribution < 1.29 is 4.74 Å². The SMILES string of the molecule is CCOC(C)(CC)C(=N)N(C)C. The molecule has 0 aromatic heterocycles. The van der Waals surface area contributed by atoms with Crippen molar-refractivity contribution in [3.05, 3.63) is 0 Å². The lowest BCUT2D eigenvalue weighted by molar-refractivity contribution is 0.0189. The van der Waals surface area contributed by atoms with Crippen LogP contribution in [0.15, 0.2) is 0 Å². The van der Waals surface area contributed by atoms with Crippen molar-refractivity contribution in [2.24, 2.45) is 0 Å². The molecule has 0 rings (SSSR count). The van der Waals surface area contributed by atoms with Crippen LogP contribution in [0.25, 0.3) is 0 Å². The van der Waals surface area contributed by atoms with Crippen molar-refractivity contribution in [1.29, 1.82) is 5.41 Å². The topological polar surface area (TPSA) is 36.3 Å². The number of ether oxygens (including phenoxy) is 1. The summed E-state index contributed by atoms with van der Waals surface area (Å²) in [5.74, 6) is 0.534. The van der Waals surface area contributed by atoms with Gasteiger partial charge in [0.2, 0.25) is 0 Å². The van der Waals surface area contributed by atoms with Gasteiger partial charge in [-0.3, -0.25) is 5.41 Å². The zero-order valence-corrected chi connectivity index (χ0v) is 8.77. The van der Waals surface area contributed by atoms with Gasteiger partial charge in [-0.25, -0.2) is 0 Å². The largest absolute Gasteiger partial charge is 0.368 e. The number of nitrogens with one attached hydrogen (secondary N) is 1. The molecule has 0 saturated carbocycles. The van der Waals surface area contributed by atoms with E-state index in [2.05, 4.69) is 0 Å². The minimum absolute atomic E-state index is 0.418. The molecule has 0 aromatic carbocycles. The monoisotopic (exact) mass is 172 g/mol. The average molecular weight is 172 g/mol. The molecule has 0 aromatic rings. The molecule has 0 saturated heterocycles. The molecule has 0 amide bonds. The van der Waals surface area contributed by atoms with Crippen molar-refractivity contribution in [2.45, 2.75) is 32.8 Å². The summed E-state index contributed by atoms with van der Waals surface area (Å²) in [6.45, 7) is 6.60. The molecule has 1 atom stereocenters. The van der Waals surface area contributed by atoms with E-state index in [4.69, 9.17) is 10.1 Å². The Balaban J connectivity index is 4.40. The molecule has 0 fully saturated rings. The molecular weight excluding hydrogens is 152 g/mol. The summed E-state index contributed by atoms with van der Waals surface area (Å²) in [6, 6.07) is 0. The standard InChI is InChI=1S/C9H20N2O/c1-6-9(3,12-7-2)8(10)11(4)5/h10H,6-7H2,1-5H3. The van der Waals surface area contributed by atoms with Crippen LogP contribution in [-0.2, 0) is 4.74 Å². The molecule has 3 nitrogen and oxygen atoms in total. The Hall–Kier alpha value is -0.570. The van der Waals surface area contributed by atoms with Crippen molar-refractivity contribution >= 4 is 5.84 Å². The summed E-state index contributed by atoms with van der Waals surface area (Å²) in [5, 5.41) is 7.80. The second kappa shape index (κ2) is 4.45. The highest BCUT2D eigenvalue weighted by molar-refractivity contribution is 5.86. The summed E-state index contributed by atoms with van der Waals surface area (Å²) in [6.07, 6.45) is 0.831. The number of hydrogen-bond acceptors (Lipinski definition) is 2. The predicted octanol–water partition coefficient (Wildman–Crippen LogP) is 1.73. The molecule has 0 aliphatic carbocycles. The molecule has 0 radical (unpaired) electrons. The summed E-state index contributed by atoms with van der Waals surface area (Å²) < 4.78 is 5.54. The fourth-order valence-electron chi connectivity index (χ4n) is 1.13. The molecule has 1 N–H and O–H groups in total. The van der Waals surface area contributed by atoms with Crippen molar-refractivity contribution in [2.75, 3.05) is 20.7 Å². The predicted molar refractivity (Wildman–Crippen MR) is 51.7 cm³/mol. The number of amidine groups is 1. The summed E-state index contributed by atoms with van der Waals surface area (Å²) in [7, 11) is 3.74. The van der Waals surface area contributed by atoms with Gasteiger partial charge in [-0.05, 0) is 20.3 Å². The number of rotatable bonds is 4. The third-order valence-corrected chi connectivity index (χ3v) is 2.09. The van der Waals surface area contributed by atoms with Gasteiger partial charge in [0.1, 0.15) is 11.4 Å². The lowest BCUT2D eigenvalue weighted by Crippen LogP contribution is -2.45. The van der Waals surface area contributed by atoms with Gasteiger partial charge in [0.25, 0.3) is 0 Å². The Morgan fingerprint density at radius 2 is 1.92 bits per heavy atom. The maximum absolute atomic E-state index is 7.80. The smallest absolute Gasteiger partial charge is 0.128 e. The van der Waals surface area contributed by atoms with Crippen molar-refractivity contribution in [3.63, 3.8) is 0 Å². The van der Waals surface area contributed by atoms with Gasteiger partial charge >= 0.3 is 0 Å². The van der Waals surface area contributed by atoms with Crippen LogP contribution >= 0.6 is 0 Å². The first-order valence-electron chi connectivity index (χ1n) is 4.38. The molecule has 12 heavy (non-hydrogen) atoms. The highest BCUT2D eigenvalue weighted by Crippen LogP contribution is 2.17. The fourth-order valence-corrected chi connectivity index (χ4v) is 1.13. The molecule has 0 heterocycles. The van der Waals surface area contributed by atoms with Crippen LogP contribution < -0.4 is 0 Å². The maximum Gasteiger partial charge on any atom is 0.128 e. The van der Waals surface area contributed by atoms with E-state index in [9.17, 15) is 0 Å². The van der Waals surface area contributed by atoms with Gasteiger partial charge in [0, 0.05) is 20.7 Å². The van der Waals surface area contributed by atoms with E-state index in [0.717, 1.165) is 6.42 Å². The zero-order valence-electron chi connectivity index (χ0n) is 8.77. The summed E-state index contributed by atoms with van der Waals surface area (Å²) >= 11 is 0. The lowest BCUT2D eigenvalue weighted by Gasteiger charge is -2.32. The Labute approximate surface area is 75.2 Å². The fraction of sp³-hybridized carbons (Fsp3) is 0.889. The normalized spacial score (nSPS) is 15.4. The molecule has 0 spiro atoms. The molecule has 0 aliphatic rings. The van der Waals surface area contributed by atoms with Crippen LogP contribution in [0.5, 0.6) is 0 Å². The maximum atomic E-state index is 7.80. The quantitative estimate of drug-likeness (QED) is 0.518. The van der Waals surface area contributed by atoms with Crippen molar-refractivity contribution in [1.82, 2.24) is 4.90 Å². The van der Waals surface area contributed by atoms with Crippen LogP contribution in [0.1, 0.15) is 27.2 Å². The van der Waals surface area contributed by atoms with E-state index in [1.807, 2.05) is 34.9 Å². The highest BCUT2D eigenvalue weighted by Gasteiger charge is 2.29. The third-order valence-electron chi connectivity index (χ3n) is 2.09. The molecule has 0 aliphatic heterocycles. The molecular formula is C9H20N2O. The zero-order chi connectivity index (χ0) is 9.78. The second-order valence-electron chi connectivity index (χ2n) is 3.26. The van der Waals surface area contributed by atoms with Crippen LogP contribution in [-0.4, -0.2) is 37.0 Å². The van der Waals surface area contributed by atoms with Gasteiger partial charge in [-0.2, -0.15) is 0 Å². The van der Waals surface area contributed by atoms with E-state index in [0.29, 0.717) is 12.4 Å². The first-order chi connectivity index (χ1) is 5.48. The van der Waals surface area contributed by atoms with Crippen LogP contribution in [0.3, 0.4) is 0 Å². The first kappa shape index (κ1) is 11.4. The summed E-state index contributed by atoms with van der Waals surface area (Å²) in [5.41, 5.74) is -0.418. The van der Waals surface area contributed by atoms with Gasteiger partial charge in [-0.15, -0.1) is 0 Å². The van der Waals surface area contributed by atoms with Gasteiger partial charge in [0.15, 0.2) is 0 Å². The Morgan fingerprint density at radius 3 is 2.17 bits per heavy atom. The number of nitrogens with zero attached hydrogens (tertiary/aromatic N) is 1. The van der Waals surface area contributed by atoms with Crippen molar-refractivity contribution in [3.8, 4) is 0 Å². The van der Waals surface area contributed by atoms with Crippen LogP contribution in [0.2, 0.25) is 0 Å². The molecule has 0 bridgehead atoms. The minimum Gasteiger partial charge on any atom is -0.368 e. The number of hydrogen-bond donors (Lipinski definition) is 1. The van der Waals surface area contributed by atoms with E-state index < -0.39 is 5.60 Å². The van der Waals surface area contributed by atoms with E-state index in [1.54, 1.807) is 4.90 Å². The highest BCUT2D eigenvalue weighted by atomic mass is 16.5. The summed E-state index contributed by atoms with van der Waals surface area (Å²) in [4.78, 5) is 1.79. The van der Waals surface area contributed by atoms with Crippen LogP contribution in [0, 0.1) is 5.41 Å². The molecule has 1 unspecified atom stereocenters. The van der Waals surface area contributed by atoms with Crippen LogP contribution in [0.4, 0.5) is 0 Å². The van der Waals surface area contributed by atoms with Gasteiger partial charge in [0.05, 0.1) is 0 Å².